The first-order chi connectivity index (χ1) is 5.89. The van der Waals surface area contributed by atoms with E-state index in [9.17, 15) is 26.3 Å². The number of aliphatic carboxylic acids is 2. The summed E-state index contributed by atoms with van der Waals surface area (Å²) in [5.41, 5.74) is 0. The standard InChI is InChI=1S/2C2HF3O2.Hg/c2*3-2(4,5)1(6)7;/h2*(H,6,7);. The van der Waals surface area contributed by atoms with E-state index >= 15 is 0 Å². The molecular formula is C4H2F6HgO4. The average molecular weight is 429 g/mol. The smallest absolute Gasteiger partial charge is 0.475 e. The van der Waals surface area contributed by atoms with Crippen LogP contribution in [0.15, 0.2) is 0 Å². The summed E-state index contributed by atoms with van der Waals surface area (Å²) in [4.78, 5) is 17.8. The van der Waals surface area contributed by atoms with Gasteiger partial charge in [-0.2, -0.15) is 26.3 Å². The van der Waals surface area contributed by atoms with Crippen molar-refractivity contribution in [2.75, 3.05) is 0 Å². The van der Waals surface area contributed by atoms with E-state index in [0.717, 1.165) is 0 Å². The predicted molar refractivity (Wildman–Crippen MR) is 27.4 cm³/mol. The molecule has 0 aromatic rings. The van der Waals surface area contributed by atoms with Crippen LogP contribution >= 0.6 is 0 Å². The van der Waals surface area contributed by atoms with Gasteiger partial charge in [0.25, 0.3) is 0 Å². The maximum atomic E-state index is 10.6. The van der Waals surface area contributed by atoms with Crippen molar-refractivity contribution in [3.63, 3.8) is 0 Å². The third-order valence-electron chi connectivity index (χ3n) is 0.485. The van der Waals surface area contributed by atoms with E-state index < -0.39 is 24.3 Å². The quantitative estimate of drug-likeness (QED) is 0.450. The van der Waals surface area contributed by atoms with Gasteiger partial charge in [-0.25, -0.2) is 9.59 Å². The molecule has 2 N–H and O–H groups in total. The van der Waals surface area contributed by atoms with Crippen LogP contribution in [0.3, 0.4) is 0 Å². The van der Waals surface area contributed by atoms with Crippen molar-refractivity contribution in [1.82, 2.24) is 0 Å². The molecule has 0 aliphatic heterocycles. The molecule has 4 nitrogen and oxygen atoms in total. The Morgan fingerprint density at radius 2 is 0.800 bits per heavy atom. The fourth-order valence-electron chi connectivity index (χ4n) is 0. The molecule has 11 heteroatoms. The Kier molecular flexibility index (Phi) is 9.11. The molecule has 0 unspecified atom stereocenters. The molecular weight excluding hydrogens is 427 g/mol. The largest absolute Gasteiger partial charge is 0.490 e. The first-order valence-corrected chi connectivity index (χ1v) is 2.49. The van der Waals surface area contributed by atoms with Crippen LogP contribution in [0.1, 0.15) is 0 Å². The summed E-state index contributed by atoms with van der Waals surface area (Å²) in [6.07, 6.45) is -10.2. The molecule has 0 rings (SSSR count). The van der Waals surface area contributed by atoms with Crippen LogP contribution in [0.4, 0.5) is 26.3 Å². The molecule has 0 saturated heterocycles. The zero-order valence-corrected chi connectivity index (χ0v) is 12.2. The van der Waals surface area contributed by atoms with Crippen molar-refractivity contribution in [2.45, 2.75) is 12.4 Å². The SMILES string of the molecule is O=C(O)C(F)(F)F.O=C(O)C(F)(F)F.[Hg]. The van der Waals surface area contributed by atoms with E-state index in [1.165, 1.54) is 0 Å². The van der Waals surface area contributed by atoms with E-state index in [0.29, 0.717) is 0 Å². The van der Waals surface area contributed by atoms with E-state index in [1.54, 1.807) is 0 Å². The number of hydrogen-bond donors (Lipinski definition) is 2. The monoisotopic (exact) mass is 430 g/mol. The van der Waals surface area contributed by atoms with Crippen LogP contribution in [0, 0.1) is 0 Å². The van der Waals surface area contributed by atoms with Gasteiger partial charge in [-0.3, -0.25) is 0 Å². The molecule has 15 heavy (non-hydrogen) atoms. The van der Waals surface area contributed by atoms with Gasteiger partial charge in [0.15, 0.2) is 0 Å². The Labute approximate surface area is 98.4 Å². The van der Waals surface area contributed by atoms with Gasteiger partial charge in [-0.1, -0.05) is 0 Å². The van der Waals surface area contributed by atoms with Crippen LogP contribution in [0.2, 0.25) is 0 Å². The second kappa shape index (κ2) is 6.85. The number of hydrogen-bond acceptors (Lipinski definition) is 2. The van der Waals surface area contributed by atoms with Crippen molar-refractivity contribution >= 4 is 11.9 Å². The van der Waals surface area contributed by atoms with Crippen molar-refractivity contribution in [3.05, 3.63) is 0 Å². The Bertz CT molecular complexity index is 196. The first kappa shape index (κ1) is 19.9. The van der Waals surface area contributed by atoms with E-state index in [2.05, 4.69) is 0 Å². The fourth-order valence-corrected chi connectivity index (χ4v) is 0. The van der Waals surface area contributed by atoms with Gasteiger partial charge in [0, 0.05) is 27.7 Å². The van der Waals surface area contributed by atoms with E-state index in [1.807, 2.05) is 0 Å². The van der Waals surface area contributed by atoms with Crippen LogP contribution in [-0.4, -0.2) is 34.5 Å². The van der Waals surface area contributed by atoms with Gasteiger partial charge in [0.05, 0.1) is 0 Å². The van der Waals surface area contributed by atoms with Crippen molar-refractivity contribution in [2.24, 2.45) is 0 Å². The number of halogens is 6. The molecule has 0 amide bonds. The third kappa shape index (κ3) is 13.5. The van der Waals surface area contributed by atoms with Crippen LogP contribution in [0.25, 0.3) is 0 Å². The summed E-state index contributed by atoms with van der Waals surface area (Å²) in [6, 6.07) is 0. The maximum Gasteiger partial charge on any atom is 0.490 e. The van der Waals surface area contributed by atoms with Gasteiger partial charge < -0.3 is 10.2 Å². The Hall–Kier alpha value is -0.545. The number of carboxylic acids is 2. The van der Waals surface area contributed by atoms with Gasteiger partial charge in [0.2, 0.25) is 0 Å². The minimum Gasteiger partial charge on any atom is -0.475 e. The van der Waals surface area contributed by atoms with Crippen molar-refractivity contribution < 1.29 is 73.8 Å². The Balaban J connectivity index is -0.000000180. The number of alkyl halides is 6. The molecule has 0 spiro atoms. The molecule has 0 bridgehead atoms. The minimum atomic E-state index is -5.08. The number of rotatable bonds is 0. The molecule has 0 atom stereocenters. The molecule has 0 aliphatic rings. The molecule has 0 saturated carbocycles. The average Bonchev–Trinajstić information content (AvgIpc) is 1.83. The molecule has 0 radical (unpaired) electrons. The second-order valence-electron chi connectivity index (χ2n) is 1.61. The fraction of sp³-hybridized carbons (Fsp3) is 0.500. The molecule has 0 aromatic heterocycles. The zero-order chi connectivity index (χ0) is 12.2. The minimum absolute atomic E-state index is 0. The van der Waals surface area contributed by atoms with Crippen LogP contribution in [-0.2, 0) is 37.3 Å². The van der Waals surface area contributed by atoms with E-state index in [4.69, 9.17) is 19.8 Å². The third-order valence-corrected chi connectivity index (χ3v) is 0.485. The topological polar surface area (TPSA) is 74.6 Å². The molecule has 86 valence electrons. The first-order valence-electron chi connectivity index (χ1n) is 2.49. The van der Waals surface area contributed by atoms with Crippen LogP contribution in [0.5, 0.6) is 0 Å². The van der Waals surface area contributed by atoms with Gasteiger partial charge in [-0.05, 0) is 0 Å². The number of carbonyl (C=O) groups is 2. The molecule has 0 heterocycles. The second-order valence-corrected chi connectivity index (χ2v) is 1.61. The summed E-state index contributed by atoms with van der Waals surface area (Å²) < 4.78 is 63.5. The summed E-state index contributed by atoms with van der Waals surface area (Å²) in [5, 5.41) is 14.2. The van der Waals surface area contributed by atoms with Crippen molar-refractivity contribution in [1.29, 1.82) is 0 Å². The zero-order valence-electron chi connectivity index (χ0n) is 6.69. The summed E-state index contributed by atoms with van der Waals surface area (Å²) in [7, 11) is 0. The summed E-state index contributed by atoms with van der Waals surface area (Å²) in [6.45, 7) is 0. The molecule has 0 aliphatic carbocycles. The van der Waals surface area contributed by atoms with E-state index in [-0.39, 0.29) is 27.7 Å². The van der Waals surface area contributed by atoms with Crippen LogP contribution < -0.4 is 0 Å². The maximum absolute atomic E-state index is 10.6. The normalized spacial score (nSPS) is 10.5. The van der Waals surface area contributed by atoms with Crippen molar-refractivity contribution in [3.8, 4) is 0 Å². The molecule has 0 aromatic carbocycles. The molecule has 0 fully saturated rings. The summed E-state index contributed by atoms with van der Waals surface area (Å²) in [5.74, 6) is -5.51. The van der Waals surface area contributed by atoms with Gasteiger partial charge in [0.1, 0.15) is 0 Å². The summed E-state index contributed by atoms with van der Waals surface area (Å²) >= 11 is 0. The van der Waals surface area contributed by atoms with Gasteiger partial charge in [-0.15, -0.1) is 0 Å². The predicted octanol–water partition coefficient (Wildman–Crippen LogP) is 1.26. The van der Waals surface area contributed by atoms with Gasteiger partial charge >= 0.3 is 24.3 Å². The Morgan fingerprint density at radius 1 is 0.733 bits per heavy atom. The Morgan fingerprint density at radius 3 is 0.800 bits per heavy atom. The number of carboxylic acid groups (broad SMARTS) is 2.